The third-order valence-electron chi connectivity index (χ3n) is 4.65. The Kier molecular flexibility index (Phi) is 16.5. The smallest absolute Gasteiger partial charge is 0.296 e. The minimum atomic E-state index is -4.74. The summed E-state index contributed by atoms with van der Waals surface area (Å²) in [6, 6.07) is 13.5. The Balaban J connectivity index is 0.00000330. The highest BCUT2D eigenvalue weighted by Gasteiger charge is 2.17. The molecule has 240 valence electrons. The van der Waals surface area contributed by atoms with Gasteiger partial charge in [-0.15, -0.1) is 24.0 Å². The molecule has 18 nitrogen and oxygen atoms in total. The van der Waals surface area contributed by atoms with Gasteiger partial charge < -0.3 is 11.5 Å². The predicted octanol–water partition coefficient (Wildman–Crippen LogP) is 5.70. The molecule has 0 heterocycles. The molecule has 0 aliphatic heterocycles. The first-order valence-corrected chi connectivity index (χ1v) is 15.8. The van der Waals surface area contributed by atoms with Crippen molar-refractivity contribution in [1.82, 2.24) is 0 Å². The van der Waals surface area contributed by atoms with Crippen molar-refractivity contribution in [2.45, 2.75) is 21.6 Å². The van der Waals surface area contributed by atoms with Crippen LogP contribution in [0.25, 0.3) is 0 Å². The Labute approximate surface area is 261 Å². The molecular weight excluding hydrogens is 669 g/mol. The number of hydrogen-bond acceptors (Lipinski definition) is 19. The van der Waals surface area contributed by atoms with Crippen molar-refractivity contribution in [2.24, 2.45) is 26.2 Å². The molecule has 0 spiro atoms. The van der Waals surface area contributed by atoms with Gasteiger partial charge in [0, 0.05) is 4.90 Å². The van der Waals surface area contributed by atoms with Crippen LogP contribution in [0.2, 0.25) is 0 Å². The first-order valence-electron chi connectivity index (χ1n) is 11.6. The number of nitrogens with zero attached hydrogens (tertiary/aromatic N) is 4. The van der Waals surface area contributed by atoms with Crippen LogP contribution in [-0.2, 0) is 49.2 Å². The molecule has 0 saturated heterocycles. The van der Waals surface area contributed by atoms with Crippen molar-refractivity contribution in [1.29, 1.82) is 0 Å². The average molecular weight is 695 g/mol. The molecule has 0 bridgehead atoms. The molecular formula is C22H26N6O12S4. The molecule has 0 fully saturated rings. The lowest BCUT2D eigenvalue weighted by Gasteiger charge is -2.06. The third-order valence-corrected chi connectivity index (χ3v) is 7.49. The topological polar surface area (TPSA) is 269 Å². The molecule has 3 aromatic rings. The molecule has 0 saturated carbocycles. The fraction of sp³-hybridized carbons (Fsp3) is 0.182. The summed E-state index contributed by atoms with van der Waals surface area (Å²) < 4.78 is 58.1. The van der Waals surface area contributed by atoms with E-state index < -0.39 is 26.1 Å². The number of nitrogens with two attached hydrogens (primary N) is 2. The normalized spacial score (nSPS) is 12.4. The van der Waals surface area contributed by atoms with E-state index >= 15 is 0 Å². The van der Waals surface area contributed by atoms with Crippen LogP contribution in [-0.4, -0.2) is 47.1 Å². The highest BCUT2D eigenvalue weighted by molar-refractivity contribution is 7.95. The van der Waals surface area contributed by atoms with Gasteiger partial charge in [-0.2, -0.15) is 17.9 Å². The van der Waals surface area contributed by atoms with Crippen LogP contribution in [0.4, 0.5) is 28.4 Å². The Bertz CT molecular complexity index is 1560. The number of nitrogen functional groups attached to an aromatic ring is 1. The molecule has 1 atom stereocenters. The zero-order valence-corrected chi connectivity index (χ0v) is 26.0. The zero-order chi connectivity index (χ0) is 32.5. The van der Waals surface area contributed by atoms with E-state index in [-0.39, 0.29) is 34.3 Å². The molecule has 0 aromatic heterocycles. The summed E-state index contributed by atoms with van der Waals surface area (Å²) >= 11 is -0.662. The molecule has 0 aliphatic rings. The third kappa shape index (κ3) is 12.6. The number of hydrogen-bond donors (Lipinski definition) is 5. The van der Waals surface area contributed by atoms with Gasteiger partial charge in [0.05, 0.1) is 52.7 Å². The van der Waals surface area contributed by atoms with E-state index in [2.05, 4.69) is 44.9 Å². The number of benzene rings is 3. The molecule has 0 radical (unpaired) electrons. The molecule has 7 N–H and O–H groups in total. The first-order chi connectivity index (χ1) is 21.1. The Morgan fingerprint density at radius 1 is 0.864 bits per heavy atom. The van der Waals surface area contributed by atoms with E-state index in [0.29, 0.717) is 28.3 Å². The quantitative estimate of drug-likeness (QED) is 0.0229. The zero-order valence-electron chi connectivity index (χ0n) is 22.7. The number of aryl methyl sites for hydroxylation is 1. The van der Waals surface area contributed by atoms with E-state index in [0.717, 1.165) is 23.7 Å². The second-order valence-electron chi connectivity index (χ2n) is 7.57. The highest BCUT2D eigenvalue weighted by atomic mass is 32.2. The van der Waals surface area contributed by atoms with Crippen LogP contribution in [0.5, 0.6) is 0 Å². The van der Waals surface area contributed by atoms with Crippen LogP contribution in [0.3, 0.4) is 0 Å². The van der Waals surface area contributed by atoms with Gasteiger partial charge in [0.2, 0.25) is 0 Å². The van der Waals surface area contributed by atoms with Gasteiger partial charge in [0.1, 0.15) is 22.0 Å². The monoisotopic (exact) mass is 694 g/mol. The summed E-state index contributed by atoms with van der Waals surface area (Å²) in [6.45, 7) is 1.63. The second-order valence-corrected chi connectivity index (χ2v) is 11.6. The van der Waals surface area contributed by atoms with E-state index in [1.165, 1.54) is 31.3 Å². The molecule has 1 unspecified atom stereocenters. The van der Waals surface area contributed by atoms with Crippen molar-refractivity contribution >= 4 is 73.7 Å². The van der Waals surface area contributed by atoms with Crippen molar-refractivity contribution in [2.75, 3.05) is 25.1 Å². The number of rotatable bonds is 16. The minimum absolute atomic E-state index is 0.131. The van der Waals surface area contributed by atoms with Crippen LogP contribution in [0.1, 0.15) is 5.56 Å². The molecule has 0 amide bonds. The van der Waals surface area contributed by atoms with Crippen molar-refractivity contribution in [3.05, 3.63) is 60.2 Å². The van der Waals surface area contributed by atoms with E-state index in [1.54, 1.807) is 24.3 Å². The number of anilines is 1. The largest absolute Gasteiger partial charge is 0.397 e. The standard InChI is InChI=1S/C21H21N5O12S4.CH5N/c1-13-2-6-17(20(10-13)40-37-34-27)24-23-14-3-5-16(22)19(11-14)26-25-18-7-4-15(12-21(18)42(30,31)32)39-36-33-8-9-41(29)38-35-28;1-2/h2-7,10-12,27-28H,8-9,22H2,1H3,(H,30,31,32);2H2,1H3. The lowest BCUT2D eigenvalue weighted by Crippen LogP contribution is -2.07. The van der Waals surface area contributed by atoms with Crippen LogP contribution in [0.15, 0.2) is 89.7 Å². The maximum absolute atomic E-state index is 12.0. The summed E-state index contributed by atoms with van der Waals surface area (Å²) in [6.07, 6.45) is 0. The van der Waals surface area contributed by atoms with Crippen molar-refractivity contribution < 1.29 is 55.7 Å². The second kappa shape index (κ2) is 19.4. The molecule has 3 aromatic carbocycles. The van der Waals surface area contributed by atoms with Gasteiger partial charge in [-0.1, -0.05) is 16.1 Å². The van der Waals surface area contributed by atoms with Gasteiger partial charge in [-0.3, -0.25) is 4.55 Å². The Morgan fingerprint density at radius 2 is 1.57 bits per heavy atom. The summed E-state index contributed by atoms with van der Waals surface area (Å²) in [5, 5.41) is 39.6. The lowest BCUT2D eigenvalue weighted by atomic mass is 10.2. The maximum Gasteiger partial charge on any atom is 0.296 e. The summed E-state index contributed by atoms with van der Waals surface area (Å²) in [5.41, 5.74) is 12.2. The van der Waals surface area contributed by atoms with E-state index in [1.807, 2.05) is 6.92 Å². The van der Waals surface area contributed by atoms with Gasteiger partial charge in [0.15, 0.2) is 11.1 Å². The minimum Gasteiger partial charge on any atom is -0.397 e. The van der Waals surface area contributed by atoms with E-state index in [9.17, 15) is 17.2 Å². The Hall–Kier alpha value is -2.94. The molecule has 22 heteroatoms. The SMILES string of the molecule is CN.Cc1ccc(N=Nc2ccc(N)c(N=Nc3ccc(SOOCCS(=O)OOO)cc3S(=O)(=O)O)c2)c(SOOO)c1. The fourth-order valence-corrected chi connectivity index (χ4v) is 4.91. The first kappa shape index (κ1) is 37.2. The van der Waals surface area contributed by atoms with Gasteiger partial charge in [0.25, 0.3) is 10.1 Å². The average Bonchev–Trinajstić information content (AvgIpc) is 3.00. The van der Waals surface area contributed by atoms with Crippen LogP contribution < -0.4 is 11.5 Å². The molecule has 44 heavy (non-hydrogen) atoms. The van der Waals surface area contributed by atoms with Crippen LogP contribution >= 0.6 is 24.1 Å². The lowest BCUT2D eigenvalue weighted by molar-refractivity contribution is -0.435. The van der Waals surface area contributed by atoms with Gasteiger partial charge in [-0.05, 0) is 68.1 Å². The van der Waals surface area contributed by atoms with Gasteiger partial charge >= 0.3 is 0 Å². The summed E-state index contributed by atoms with van der Waals surface area (Å²) in [5.74, 6) is -0.205. The van der Waals surface area contributed by atoms with E-state index in [4.69, 9.17) is 25.5 Å². The summed E-state index contributed by atoms with van der Waals surface area (Å²) in [4.78, 5) is 4.89. The van der Waals surface area contributed by atoms with Gasteiger partial charge in [-0.25, -0.2) is 19.6 Å². The number of azo groups is 2. The fourth-order valence-electron chi connectivity index (χ4n) is 2.83. The Morgan fingerprint density at radius 3 is 2.27 bits per heavy atom. The van der Waals surface area contributed by atoms with Crippen molar-refractivity contribution in [3.8, 4) is 0 Å². The predicted molar refractivity (Wildman–Crippen MR) is 158 cm³/mol. The van der Waals surface area contributed by atoms with Crippen molar-refractivity contribution in [3.63, 3.8) is 0 Å². The summed E-state index contributed by atoms with van der Waals surface area (Å²) in [7, 11) is -3.24. The van der Waals surface area contributed by atoms with Crippen LogP contribution in [0, 0.1) is 6.92 Å². The highest BCUT2D eigenvalue weighted by Crippen LogP contribution is 2.36. The maximum atomic E-state index is 12.0. The molecule has 3 rings (SSSR count). The molecule has 0 aliphatic carbocycles.